The fourth-order valence-corrected chi connectivity index (χ4v) is 2.27. The molecule has 1 N–H and O–H groups in total. The van der Waals surface area contributed by atoms with Gasteiger partial charge in [-0.05, 0) is 49.9 Å². The molecule has 1 heterocycles. The fraction of sp³-hybridized carbons (Fsp3) is 0.538. The molecule has 3 heteroatoms. The smallest absolute Gasteiger partial charge is 0.123 e. The molecule has 16 heavy (non-hydrogen) atoms. The van der Waals surface area contributed by atoms with Crippen LogP contribution in [0, 0.1) is 11.7 Å². The van der Waals surface area contributed by atoms with Crippen molar-refractivity contribution in [2.75, 3.05) is 13.1 Å². The number of hydrogen-bond donors (Lipinski definition) is 1. The molecule has 0 aliphatic carbocycles. The zero-order chi connectivity index (χ0) is 11.6. The number of rotatable bonds is 2. The van der Waals surface area contributed by atoms with Crippen molar-refractivity contribution in [2.24, 2.45) is 5.92 Å². The van der Waals surface area contributed by atoms with E-state index in [-0.39, 0.29) is 11.7 Å². The summed E-state index contributed by atoms with van der Waals surface area (Å²) in [4.78, 5) is 0. The van der Waals surface area contributed by atoms with E-state index in [0.29, 0.717) is 13.0 Å². The maximum absolute atomic E-state index is 14.2. The molecule has 0 spiro atoms. The normalized spacial score (nSPS) is 30.3. The highest BCUT2D eigenvalue weighted by Crippen LogP contribution is 2.30. The van der Waals surface area contributed by atoms with E-state index in [1.165, 1.54) is 12.1 Å². The summed E-state index contributed by atoms with van der Waals surface area (Å²) < 4.78 is 26.9. The third kappa shape index (κ3) is 2.59. The summed E-state index contributed by atoms with van der Waals surface area (Å²) in [5, 5.41) is 3.06. The average Bonchev–Trinajstić information content (AvgIpc) is 2.24. The summed E-state index contributed by atoms with van der Waals surface area (Å²) in [7, 11) is 0. The Labute approximate surface area is 94.9 Å². The van der Waals surface area contributed by atoms with Crippen LogP contribution in [0.3, 0.4) is 0 Å². The molecule has 88 valence electrons. The van der Waals surface area contributed by atoms with Gasteiger partial charge in [0.2, 0.25) is 0 Å². The number of hydrogen-bond acceptors (Lipinski definition) is 1. The van der Waals surface area contributed by atoms with E-state index in [1.54, 1.807) is 19.1 Å². The first-order valence-electron chi connectivity index (χ1n) is 5.72. The van der Waals surface area contributed by atoms with Crippen LogP contribution >= 0.6 is 0 Å². The maximum Gasteiger partial charge on any atom is 0.123 e. The summed E-state index contributed by atoms with van der Waals surface area (Å²) >= 11 is 0. The number of nitrogens with one attached hydrogen (secondary N) is 1. The number of piperidine rings is 1. The molecule has 0 bridgehead atoms. The Balaban J connectivity index is 2.05. The summed E-state index contributed by atoms with van der Waals surface area (Å²) in [5.74, 6) is -0.212. The predicted octanol–water partition coefficient (Wildman–Crippen LogP) is 2.71. The summed E-state index contributed by atoms with van der Waals surface area (Å²) in [5.41, 5.74) is -0.149. The first-order valence-corrected chi connectivity index (χ1v) is 5.72. The number of halogens is 2. The van der Waals surface area contributed by atoms with Crippen LogP contribution in [-0.4, -0.2) is 18.8 Å². The van der Waals surface area contributed by atoms with Gasteiger partial charge in [-0.1, -0.05) is 12.1 Å². The highest BCUT2D eigenvalue weighted by atomic mass is 19.1. The van der Waals surface area contributed by atoms with Gasteiger partial charge in [0, 0.05) is 6.54 Å². The van der Waals surface area contributed by atoms with Gasteiger partial charge in [0.05, 0.1) is 0 Å². The Kier molecular flexibility index (Phi) is 3.24. The van der Waals surface area contributed by atoms with E-state index < -0.39 is 5.67 Å². The molecule has 1 aliphatic heterocycles. The average molecular weight is 225 g/mol. The number of alkyl halides is 1. The lowest BCUT2D eigenvalue weighted by Gasteiger charge is -2.35. The van der Waals surface area contributed by atoms with Gasteiger partial charge in [-0.2, -0.15) is 0 Å². The van der Waals surface area contributed by atoms with Crippen molar-refractivity contribution in [3.8, 4) is 0 Å². The van der Waals surface area contributed by atoms with Crippen LogP contribution in [0.1, 0.15) is 18.9 Å². The van der Waals surface area contributed by atoms with Gasteiger partial charge in [-0.25, -0.2) is 8.78 Å². The molecule has 0 amide bonds. The van der Waals surface area contributed by atoms with Crippen LogP contribution in [0.15, 0.2) is 24.3 Å². The van der Waals surface area contributed by atoms with E-state index >= 15 is 0 Å². The molecule has 0 saturated carbocycles. The Morgan fingerprint density at radius 2 is 2.06 bits per heavy atom. The molecular weight excluding hydrogens is 208 g/mol. The van der Waals surface area contributed by atoms with Crippen LogP contribution in [0.5, 0.6) is 0 Å². The zero-order valence-corrected chi connectivity index (χ0v) is 9.47. The van der Waals surface area contributed by atoms with Gasteiger partial charge in [0.25, 0.3) is 0 Å². The van der Waals surface area contributed by atoms with Crippen LogP contribution in [0.25, 0.3) is 0 Å². The lowest BCUT2D eigenvalue weighted by atomic mass is 9.81. The topological polar surface area (TPSA) is 12.0 Å². The van der Waals surface area contributed by atoms with E-state index in [4.69, 9.17) is 0 Å². The minimum absolute atomic E-state index is 0.0270. The van der Waals surface area contributed by atoms with E-state index in [9.17, 15) is 8.78 Å². The lowest BCUT2D eigenvalue weighted by molar-refractivity contribution is 0.0712. The van der Waals surface area contributed by atoms with E-state index in [0.717, 1.165) is 18.5 Å². The quantitative estimate of drug-likeness (QED) is 0.816. The van der Waals surface area contributed by atoms with E-state index in [1.807, 2.05) is 0 Å². The van der Waals surface area contributed by atoms with Gasteiger partial charge in [0.1, 0.15) is 11.5 Å². The van der Waals surface area contributed by atoms with Crippen LogP contribution < -0.4 is 5.32 Å². The molecule has 1 aromatic rings. The first-order chi connectivity index (χ1) is 7.58. The van der Waals surface area contributed by atoms with Crippen molar-refractivity contribution < 1.29 is 8.78 Å². The molecule has 0 radical (unpaired) electrons. The second-order valence-corrected chi connectivity index (χ2v) is 4.77. The summed E-state index contributed by atoms with van der Waals surface area (Å²) in [6.45, 7) is 2.93. The third-order valence-electron chi connectivity index (χ3n) is 3.39. The van der Waals surface area contributed by atoms with Crippen molar-refractivity contribution in [3.63, 3.8) is 0 Å². The molecule has 1 nitrogen and oxygen atoms in total. The minimum atomic E-state index is -1.16. The molecule has 1 saturated heterocycles. The predicted molar refractivity (Wildman–Crippen MR) is 60.6 cm³/mol. The molecular formula is C13H17F2N. The van der Waals surface area contributed by atoms with Crippen molar-refractivity contribution >= 4 is 0 Å². The summed E-state index contributed by atoms with van der Waals surface area (Å²) in [6.07, 6.45) is 1.53. The molecule has 2 unspecified atom stereocenters. The Bertz CT molecular complexity index is 345. The van der Waals surface area contributed by atoms with Crippen LogP contribution in [0.2, 0.25) is 0 Å². The standard InChI is InChI=1S/C13H17F2N/c1-13(15)9-16-7-6-11(13)8-10-2-4-12(14)5-3-10/h2-5,11,16H,6-9H2,1H3. The van der Waals surface area contributed by atoms with Gasteiger partial charge in [-0.15, -0.1) is 0 Å². The summed E-state index contributed by atoms with van der Waals surface area (Å²) in [6, 6.07) is 6.36. The molecule has 0 aromatic heterocycles. The van der Waals surface area contributed by atoms with Gasteiger partial charge < -0.3 is 5.32 Å². The highest BCUT2D eigenvalue weighted by molar-refractivity contribution is 5.17. The Hall–Kier alpha value is -0.960. The first kappa shape index (κ1) is 11.5. The highest BCUT2D eigenvalue weighted by Gasteiger charge is 2.36. The van der Waals surface area contributed by atoms with Gasteiger partial charge >= 0.3 is 0 Å². The van der Waals surface area contributed by atoms with Crippen LogP contribution in [0.4, 0.5) is 8.78 Å². The SMILES string of the molecule is CC1(F)CNCCC1Cc1ccc(F)cc1. The molecule has 2 rings (SSSR count). The molecule has 2 atom stereocenters. The molecule has 1 fully saturated rings. The van der Waals surface area contributed by atoms with E-state index in [2.05, 4.69) is 5.32 Å². The molecule has 1 aliphatic rings. The lowest BCUT2D eigenvalue weighted by Crippen LogP contribution is -2.47. The third-order valence-corrected chi connectivity index (χ3v) is 3.39. The van der Waals surface area contributed by atoms with Gasteiger partial charge in [-0.3, -0.25) is 0 Å². The largest absolute Gasteiger partial charge is 0.314 e. The van der Waals surface area contributed by atoms with Crippen molar-refractivity contribution in [2.45, 2.75) is 25.4 Å². The zero-order valence-electron chi connectivity index (χ0n) is 9.47. The molecule has 1 aromatic carbocycles. The van der Waals surface area contributed by atoms with Crippen molar-refractivity contribution in [1.82, 2.24) is 5.32 Å². The van der Waals surface area contributed by atoms with Crippen molar-refractivity contribution in [3.05, 3.63) is 35.6 Å². The Morgan fingerprint density at radius 1 is 1.38 bits per heavy atom. The van der Waals surface area contributed by atoms with Crippen LogP contribution in [-0.2, 0) is 6.42 Å². The Morgan fingerprint density at radius 3 is 2.69 bits per heavy atom. The fourth-order valence-electron chi connectivity index (χ4n) is 2.27. The second-order valence-electron chi connectivity index (χ2n) is 4.77. The van der Waals surface area contributed by atoms with Gasteiger partial charge in [0.15, 0.2) is 0 Å². The maximum atomic E-state index is 14.2. The van der Waals surface area contributed by atoms with Crippen molar-refractivity contribution in [1.29, 1.82) is 0 Å². The number of benzene rings is 1. The monoisotopic (exact) mass is 225 g/mol. The minimum Gasteiger partial charge on any atom is -0.314 e. The second kappa shape index (κ2) is 4.50.